The highest BCUT2D eigenvalue weighted by Crippen LogP contribution is 2.17. The van der Waals surface area contributed by atoms with Gasteiger partial charge in [0, 0.05) is 25.2 Å². The number of aryl methyl sites for hydroxylation is 1. The second-order valence-electron chi connectivity index (χ2n) is 5.27. The molecular weight excluding hydrogens is 295 g/mol. The molecule has 0 heterocycles. The minimum atomic E-state index is -0.375. The van der Waals surface area contributed by atoms with E-state index in [1.54, 1.807) is 24.3 Å². The third-order valence-corrected chi connectivity index (χ3v) is 3.45. The lowest BCUT2D eigenvalue weighted by atomic mass is 10.1. The number of hydrogen-bond donors (Lipinski definition) is 2. The number of methoxy groups -OCH3 is 1. The molecule has 1 amide bonds. The van der Waals surface area contributed by atoms with E-state index in [-0.39, 0.29) is 17.5 Å². The Labute approximate surface area is 135 Å². The maximum Gasteiger partial charge on any atom is 0.251 e. The van der Waals surface area contributed by atoms with Crippen LogP contribution in [0.5, 0.6) is 5.75 Å². The number of amides is 1. The van der Waals surface area contributed by atoms with Gasteiger partial charge in [-0.25, -0.2) is 4.39 Å². The van der Waals surface area contributed by atoms with E-state index in [0.29, 0.717) is 25.2 Å². The smallest absolute Gasteiger partial charge is 0.251 e. The van der Waals surface area contributed by atoms with Crippen LogP contribution in [0, 0.1) is 12.7 Å². The molecule has 23 heavy (non-hydrogen) atoms. The van der Waals surface area contributed by atoms with Crippen molar-refractivity contribution < 1.29 is 13.9 Å². The number of hydrogen-bond acceptors (Lipinski definition) is 3. The summed E-state index contributed by atoms with van der Waals surface area (Å²) < 4.78 is 18.4. The lowest BCUT2D eigenvalue weighted by Crippen LogP contribution is -2.31. The van der Waals surface area contributed by atoms with Crippen molar-refractivity contribution in [2.75, 3.05) is 20.2 Å². The summed E-state index contributed by atoms with van der Waals surface area (Å²) in [5.74, 6) is -0.235. The molecule has 0 unspecified atom stereocenters. The molecule has 0 saturated carbocycles. The van der Waals surface area contributed by atoms with Gasteiger partial charge in [0.05, 0.1) is 7.11 Å². The average Bonchev–Trinajstić information content (AvgIpc) is 2.55. The predicted octanol–water partition coefficient (Wildman–Crippen LogP) is 2.66. The number of benzene rings is 2. The van der Waals surface area contributed by atoms with Gasteiger partial charge in [0.2, 0.25) is 0 Å². The first-order valence-corrected chi connectivity index (χ1v) is 7.48. The number of rotatable bonds is 7. The Hall–Kier alpha value is -2.40. The van der Waals surface area contributed by atoms with Crippen LogP contribution in [-0.2, 0) is 6.54 Å². The van der Waals surface area contributed by atoms with Gasteiger partial charge in [-0.05, 0) is 36.8 Å². The molecule has 122 valence electrons. The first kappa shape index (κ1) is 17.0. The summed E-state index contributed by atoms with van der Waals surface area (Å²) in [4.78, 5) is 11.9. The van der Waals surface area contributed by atoms with Gasteiger partial charge in [0.15, 0.2) is 11.6 Å². The molecule has 0 aromatic heterocycles. The highest BCUT2D eigenvalue weighted by Gasteiger charge is 2.05. The summed E-state index contributed by atoms with van der Waals surface area (Å²) in [6, 6.07) is 12.3. The molecule has 0 saturated heterocycles. The van der Waals surface area contributed by atoms with Crippen molar-refractivity contribution in [3.8, 4) is 5.75 Å². The second kappa shape index (κ2) is 8.29. The Balaban J connectivity index is 1.70. The summed E-state index contributed by atoms with van der Waals surface area (Å²) in [7, 11) is 1.44. The zero-order valence-corrected chi connectivity index (χ0v) is 13.4. The van der Waals surface area contributed by atoms with Crippen LogP contribution >= 0.6 is 0 Å². The zero-order valence-electron chi connectivity index (χ0n) is 13.4. The molecule has 0 aliphatic carbocycles. The quantitative estimate of drug-likeness (QED) is 0.772. The molecule has 2 aromatic carbocycles. The van der Waals surface area contributed by atoms with E-state index in [0.717, 1.165) is 11.1 Å². The van der Waals surface area contributed by atoms with Crippen LogP contribution in [0.25, 0.3) is 0 Å². The molecule has 5 heteroatoms. The maximum atomic E-state index is 13.5. The standard InChI is InChI=1S/C18H21FN2O2/c1-13-3-6-15(7-4-13)18(22)21-10-9-20-12-14-5-8-17(23-2)16(19)11-14/h3-8,11,20H,9-10,12H2,1-2H3,(H,21,22). The lowest BCUT2D eigenvalue weighted by Gasteiger charge is -2.08. The third kappa shape index (κ3) is 5.07. The monoisotopic (exact) mass is 316 g/mol. The summed E-state index contributed by atoms with van der Waals surface area (Å²) in [5, 5.41) is 6.00. The van der Waals surface area contributed by atoms with Gasteiger partial charge in [0.1, 0.15) is 0 Å². The Bertz CT molecular complexity index is 657. The fourth-order valence-electron chi connectivity index (χ4n) is 2.12. The molecular formula is C18H21FN2O2. The highest BCUT2D eigenvalue weighted by atomic mass is 19.1. The minimum absolute atomic E-state index is 0.0951. The van der Waals surface area contributed by atoms with Gasteiger partial charge in [-0.15, -0.1) is 0 Å². The number of nitrogens with one attached hydrogen (secondary N) is 2. The summed E-state index contributed by atoms with van der Waals surface area (Å²) in [6.07, 6.45) is 0. The third-order valence-electron chi connectivity index (χ3n) is 3.45. The van der Waals surface area contributed by atoms with E-state index >= 15 is 0 Å². The van der Waals surface area contributed by atoms with Gasteiger partial charge in [0.25, 0.3) is 5.91 Å². The van der Waals surface area contributed by atoms with Crippen molar-refractivity contribution >= 4 is 5.91 Å². The van der Waals surface area contributed by atoms with Crippen molar-refractivity contribution in [2.24, 2.45) is 0 Å². The molecule has 0 bridgehead atoms. The van der Waals surface area contributed by atoms with Crippen molar-refractivity contribution in [1.82, 2.24) is 10.6 Å². The summed E-state index contributed by atoms with van der Waals surface area (Å²) in [5.41, 5.74) is 2.59. The van der Waals surface area contributed by atoms with Crippen LogP contribution in [-0.4, -0.2) is 26.1 Å². The van der Waals surface area contributed by atoms with Crippen molar-refractivity contribution in [3.63, 3.8) is 0 Å². The number of halogens is 1. The molecule has 0 atom stereocenters. The van der Waals surface area contributed by atoms with Crippen molar-refractivity contribution in [2.45, 2.75) is 13.5 Å². The second-order valence-corrected chi connectivity index (χ2v) is 5.27. The summed E-state index contributed by atoms with van der Waals surface area (Å²) in [6.45, 7) is 3.62. The van der Waals surface area contributed by atoms with E-state index in [1.165, 1.54) is 13.2 Å². The molecule has 0 radical (unpaired) electrons. The van der Waals surface area contributed by atoms with E-state index in [4.69, 9.17) is 4.74 Å². The Morgan fingerprint density at radius 2 is 1.87 bits per heavy atom. The first-order chi connectivity index (χ1) is 11.1. The first-order valence-electron chi connectivity index (χ1n) is 7.48. The van der Waals surface area contributed by atoms with Crippen LogP contribution in [0.2, 0.25) is 0 Å². The van der Waals surface area contributed by atoms with Crippen LogP contribution in [0.4, 0.5) is 4.39 Å². The van der Waals surface area contributed by atoms with Gasteiger partial charge in [-0.2, -0.15) is 0 Å². The molecule has 0 aliphatic heterocycles. The Kier molecular flexibility index (Phi) is 6.11. The fourth-order valence-corrected chi connectivity index (χ4v) is 2.12. The van der Waals surface area contributed by atoms with Crippen molar-refractivity contribution in [3.05, 3.63) is 65.0 Å². The summed E-state index contributed by atoms with van der Waals surface area (Å²) >= 11 is 0. The number of carbonyl (C=O) groups is 1. The Morgan fingerprint density at radius 1 is 1.13 bits per heavy atom. The predicted molar refractivity (Wildman–Crippen MR) is 88.2 cm³/mol. The molecule has 2 rings (SSSR count). The molecule has 4 nitrogen and oxygen atoms in total. The SMILES string of the molecule is COc1ccc(CNCCNC(=O)c2ccc(C)cc2)cc1F. The van der Waals surface area contributed by atoms with E-state index in [2.05, 4.69) is 10.6 Å². The fraction of sp³-hybridized carbons (Fsp3) is 0.278. The molecule has 2 aromatic rings. The number of carbonyl (C=O) groups excluding carboxylic acids is 1. The highest BCUT2D eigenvalue weighted by molar-refractivity contribution is 5.94. The van der Waals surface area contributed by atoms with Crippen LogP contribution in [0.15, 0.2) is 42.5 Å². The zero-order chi connectivity index (χ0) is 16.7. The van der Waals surface area contributed by atoms with Crippen LogP contribution < -0.4 is 15.4 Å². The van der Waals surface area contributed by atoms with Gasteiger partial charge < -0.3 is 15.4 Å². The van der Waals surface area contributed by atoms with E-state index in [9.17, 15) is 9.18 Å². The average molecular weight is 316 g/mol. The van der Waals surface area contributed by atoms with Gasteiger partial charge in [-0.1, -0.05) is 23.8 Å². The van der Waals surface area contributed by atoms with E-state index in [1.807, 2.05) is 19.1 Å². The lowest BCUT2D eigenvalue weighted by molar-refractivity contribution is 0.0954. The molecule has 0 spiro atoms. The maximum absolute atomic E-state index is 13.5. The normalized spacial score (nSPS) is 10.4. The van der Waals surface area contributed by atoms with Gasteiger partial charge in [-0.3, -0.25) is 4.79 Å². The minimum Gasteiger partial charge on any atom is -0.494 e. The largest absolute Gasteiger partial charge is 0.494 e. The molecule has 0 aliphatic rings. The van der Waals surface area contributed by atoms with Gasteiger partial charge >= 0.3 is 0 Å². The number of ether oxygens (including phenoxy) is 1. The van der Waals surface area contributed by atoms with E-state index < -0.39 is 0 Å². The topological polar surface area (TPSA) is 50.4 Å². The molecule has 0 fully saturated rings. The Morgan fingerprint density at radius 3 is 2.52 bits per heavy atom. The van der Waals surface area contributed by atoms with Crippen LogP contribution in [0.3, 0.4) is 0 Å². The van der Waals surface area contributed by atoms with Crippen molar-refractivity contribution in [1.29, 1.82) is 0 Å². The molecule has 2 N–H and O–H groups in total. The van der Waals surface area contributed by atoms with Crippen LogP contribution in [0.1, 0.15) is 21.5 Å².